The van der Waals surface area contributed by atoms with E-state index in [0.717, 1.165) is 16.8 Å². The predicted molar refractivity (Wildman–Crippen MR) is 80.5 cm³/mol. The summed E-state index contributed by atoms with van der Waals surface area (Å²) in [5.41, 5.74) is -0.0586. The number of aromatic nitrogens is 2. The number of hydrogen-bond acceptors (Lipinski definition) is 10. The third-order valence-corrected chi connectivity index (χ3v) is 5.76. The molecule has 1 heterocycles. The molecule has 0 fully saturated rings. The van der Waals surface area contributed by atoms with Crippen LogP contribution in [0, 0.1) is 6.92 Å². The van der Waals surface area contributed by atoms with Crippen LogP contribution < -0.4 is 113 Å². The van der Waals surface area contributed by atoms with Crippen LogP contribution in [0.25, 0.3) is 5.69 Å². The summed E-state index contributed by atoms with van der Waals surface area (Å²) in [4.78, 5) is -0.533. The number of sulfonamides is 1. The molecule has 16 heteroatoms. The van der Waals surface area contributed by atoms with Crippen molar-refractivity contribution >= 4 is 32.2 Å². The van der Waals surface area contributed by atoms with E-state index in [1.54, 1.807) is 0 Å². The van der Waals surface area contributed by atoms with Crippen LogP contribution in [0.15, 0.2) is 39.1 Å². The fraction of sp³-hybridized carbons (Fsp3) is 0.182. The van der Waals surface area contributed by atoms with Gasteiger partial charge in [-0.25, -0.2) is 26.2 Å². The van der Waals surface area contributed by atoms with Gasteiger partial charge < -0.3 is 9.81 Å². The zero-order valence-corrected chi connectivity index (χ0v) is 23.4. The van der Waals surface area contributed by atoms with E-state index in [1.165, 1.54) is 26.1 Å². The Hall–Kier alpha value is 1.75. The Balaban J connectivity index is 0.00000338. The molecule has 0 amide bonds. The molecule has 0 unspecified atom stereocenters. The fourth-order valence-corrected chi connectivity index (χ4v) is 3.85. The number of rotatable bonds is 7. The maximum atomic E-state index is 12.1. The molecule has 0 atom stereocenters. The molecule has 0 spiro atoms. The van der Waals surface area contributed by atoms with Gasteiger partial charge in [-0.2, -0.15) is 9.43 Å². The van der Waals surface area contributed by atoms with Gasteiger partial charge in [-0.15, -0.1) is 0 Å². The van der Waals surface area contributed by atoms with Gasteiger partial charge in [0.1, 0.15) is 10.1 Å². The van der Waals surface area contributed by atoms with Gasteiger partial charge in [0.05, 0.1) is 28.3 Å². The van der Waals surface area contributed by atoms with E-state index in [1.807, 2.05) is 0 Å². The van der Waals surface area contributed by atoms with Gasteiger partial charge in [-0.1, -0.05) is 0 Å². The van der Waals surface area contributed by atoms with Gasteiger partial charge in [0.25, 0.3) is 10.0 Å². The van der Waals surface area contributed by atoms with Gasteiger partial charge in [-0.05, 0) is 38.2 Å². The summed E-state index contributed by atoms with van der Waals surface area (Å²) in [5.74, 6) is 0. The molecule has 2 rings (SSSR count). The molecular weight excluding hydrogens is 477 g/mol. The Morgan fingerprint density at radius 3 is 2.33 bits per heavy atom. The summed E-state index contributed by atoms with van der Waals surface area (Å²) >= 11 is 0.437. The normalized spacial score (nSPS) is 11.6. The van der Waals surface area contributed by atoms with Crippen LogP contribution in [-0.4, -0.2) is 38.2 Å². The summed E-state index contributed by atoms with van der Waals surface area (Å²) in [6.45, 7) is 1.49. The maximum absolute atomic E-state index is 12.1. The largest absolute Gasteiger partial charge is 1.00 e. The van der Waals surface area contributed by atoms with Gasteiger partial charge in [0.2, 0.25) is 0 Å². The minimum absolute atomic E-state index is 0. The van der Waals surface area contributed by atoms with Crippen LogP contribution >= 0.6 is 12.0 Å². The van der Waals surface area contributed by atoms with E-state index in [0.29, 0.717) is 12.0 Å². The zero-order valence-electron chi connectivity index (χ0n) is 14.7. The Labute approximate surface area is 245 Å². The monoisotopic (exact) mass is 487 g/mol. The summed E-state index contributed by atoms with van der Waals surface area (Å²) in [7, 11) is -7.79. The van der Waals surface area contributed by atoms with Crippen molar-refractivity contribution in [2.75, 3.05) is 7.05 Å². The number of aryl methyl sites for hydroxylation is 1. The van der Waals surface area contributed by atoms with Crippen molar-refractivity contribution < 1.29 is 139 Å². The average molecular weight is 488 g/mol. The molecule has 11 nitrogen and oxygen atoms in total. The Morgan fingerprint density at radius 2 is 1.81 bits per heavy atom. The fourth-order valence-electron chi connectivity index (χ4n) is 1.92. The third kappa shape index (κ3) is 7.44. The smallest absolute Gasteiger partial charge is 0.744 e. The standard InChI is InChI=1S/C11H13N3O8S3.2K/c1-7-5-11(24(16,17)12-2)14(13-7)9-6-8(23-22-21-15)3-4-10(9)25(18,19)20;;/h3-6,12,15H,1-2H3,(H,18,19,20);;/q;2*+1/p-2. The van der Waals surface area contributed by atoms with Crippen molar-refractivity contribution in [1.82, 2.24) is 14.5 Å². The molecule has 1 aromatic heterocycles. The van der Waals surface area contributed by atoms with Crippen LogP contribution in [0.4, 0.5) is 0 Å². The minimum atomic E-state index is -4.95. The number of hydrogen-bond donors (Lipinski definition) is 1. The zero-order chi connectivity index (χ0) is 18.8. The van der Waals surface area contributed by atoms with E-state index < -0.39 is 25.0 Å². The maximum Gasteiger partial charge on any atom is 1.00 e. The third-order valence-electron chi connectivity index (χ3n) is 2.93. The van der Waals surface area contributed by atoms with Crippen LogP contribution in [0.1, 0.15) is 5.69 Å². The molecule has 1 aromatic carbocycles. The summed E-state index contributed by atoms with van der Waals surface area (Å²) in [5, 5.41) is 16.7. The van der Waals surface area contributed by atoms with E-state index in [4.69, 9.17) is 0 Å². The molecule has 27 heavy (non-hydrogen) atoms. The molecule has 1 N–H and O–H groups in total. The van der Waals surface area contributed by atoms with Crippen LogP contribution in [0.5, 0.6) is 0 Å². The molecule has 0 bridgehead atoms. The van der Waals surface area contributed by atoms with E-state index in [-0.39, 0.29) is 124 Å². The summed E-state index contributed by atoms with van der Waals surface area (Å²) < 4.78 is 65.8. The molecule has 0 saturated heterocycles. The predicted octanol–water partition coefficient (Wildman–Crippen LogP) is -6.77. The number of nitrogens with zero attached hydrogens (tertiary/aromatic N) is 2. The second-order valence-electron chi connectivity index (χ2n) is 4.55. The first-order chi connectivity index (χ1) is 11.6. The van der Waals surface area contributed by atoms with Crippen molar-refractivity contribution in [3.8, 4) is 5.69 Å². The molecule has 0 saturated carbocycles. The van der Waals surface area contributed by atoms with Crippen LogP contribution in [0.2, 0.25) is 0 Å². The SMILES string of the molecule is CNS(=O)(=O)c1cc(C)nn1-c1cc(SOO[O-])ccc1S(=O)(=O)[O-].[K+].[K+]. The first-order valence-electron chi connectivity index (χ1n) is 6.34. The first-order valence-corrected chi connectivity index (χ1v) is 9.97. The molecule has 0 aliphatic heterocycles. The second kappa shape index (κ2) is 12.0. The van der Waals surface area contributed by atoms with E-state index in [2.05, 4.69) is 19.2 Å². The van der Waals surface area contributed by atoms with E-state index in [9.17, 15) is 26.6 Å². The van der Waals surface area contributed by atoms with Crippen molar-refractivity contribution in [2.24, 2.45) is 0 Å². The van der Waals surface area contributed by atoms with Crippen molar-refractivity contribution in [2.45, 2.75) is 21.7 Å². The molecule has 138 valence electrons. The topological polar surface area (TPSA) is 163 Å². The summed E-state index contributed by atoms with van der Waals surface area (Å²) in [6.07, 6.45) is 0. The van der Waals surface area contributed by atoms with Gasteiger partial charge in [0.15, 0.2) is 5.03 Å². The average Bonchev–Trinajstić information content (AvgIpc) is 2.94. The summed E-state index contributed by atoms with van der Waals surface area (Å²) in [6, 6.07) is 4.45. The van der Waals surface area contributed by atoms with Crippen molar-refractivity contribution in [1.29, 1.82) is 0 Å². The molecule has 0 aliphatic rings. The van der Waals surface area contributed by atoms with Crippen LogP contribution in [-0.2, 0) is 29.5 Å². The minimum Gasteiger partial charge on any atom is -0.744 e. The number of nitrogens with one attached hydrogen (secondary N) is 1. The first kappa shape index (κ1) is 28.8. The Bertz CT molecular complexity index is 994. The quantitative estimate of drug-likeness (QED) is 0.131. The molecular formula is C11H11K2N3O8S3. The number of benzene rings is 1. The molecule has 0 radical (unpaired) electrons. The van der Waals surface area contributed by atoms with Crippen LogP contribution in [0.3, 0.4) is 0 Å². The van der Waals surface area contributed by atoms with Gasteiger partial charge >= 0.3 is 103 Å². The van der Waals surface area contributed by atoms with Crippen molar-refractivity contribution in [3.63, 3.8) is 0 Å². The van der Waals surface area contributed by atoms with Gasteiger partial charge in [-0.3, -0.25) is 5.04 Å². The van der Waals surface area contributed by atoms with Crippen molar-refractivity contribution in [3.05, 3.63) is 30.0 Å². The molecule has 2 aromatic rings. The Morgan fingerprint density at radius 1 is 1.19 bits per heavy atom. The van der Waals surface area contributed by atoms with Gasteiger partial charge in [0, 0.05) is 4.90 Å². The molecule has 0 aliphatic carbocycles. The Kier molecular flexibility index (Phi) is 12.7. The van der Waals surface area contributed by atoms with E-state index >= 15 is 0 Å². The second-order valence-corrected chi connectivity index (χ2v) is 8.50.